The van der Waals surface area contributed by atoms with Crippen molar-refractivity contribution in [3.8, 4) is 0 Å². The van der Waals surface area contributed by atoms with Gasteiger partial charge in [-0.15, -0.1) is 0 Å². The number of halogens is 1. The summed E-state index contributed by atoms with van der Waals surface area (Å²) in [5.74, 6) is -1.03. The van der Waals surface area contributed by atoms with E-state index in [0.29, 0.717) is 5.69 Å². The number of hydrogen-bond acceptors (Lipinski definition) is 5. The Bertz CT molecular complexity index is 581. The molecule has 0 aliphatic rings. The van der Waals surface area contributed by atoms with E-state index >= 15 is 0 Å². The van der Waals surface area contributed by atoms with Gasteiger partial charge in [0, 0.05) is 16.7 Å². The Labute approximate surface area is 149 Å². The van der Waals surface area contributed by atoms with E-state index in [9.17, 15) is 14.4 Å². The molecular formula is C16H21BrN2O5. The third-order valence-corrected chi connectivity index (χ3v) is 3.02. The van der Waals surface area contributed by atoms with Crippen molar-refractivity contribution < 1.29 is 23.9 Å². The minimum atomic E-state index is -0.608. The Balaban J connectivity index is 2.20. The molecule has 2 N–H and O–H groups in total. The summed E-state index contributed by atoms with van der Waals surface area (Å²) in [4.78, 5) is 34.5. The molecule has 0 atom stereocenters. The maximum Gasteiger partial charge on any atom is 0.407 e. The number of nitrogens with one attached hydrogen (secondary N) is 2. The van der Waals surface area contributed by atoms with E-state index in [0.717, 1.165) is 4.47 Å². The van der Waals surface area contributed by atoms with Crippen LogP contribution in [0.4, 0.5) is 10.5 Å². The number of hydrogen-bond donors (Lipinski definition) is 2. The second-order valence-corrected chi connectivity index (χ2v) is 6.81. The first-order valence-electron chi connectivity index (χ1n) is 7.33. The minimum Gasteiger partial charge on any atom is -0.456 e. The Kier molecular flexibility index (Phi) is 7.70. The Morgan fingerprint density at radius 1 is 1.12 bits per heavy atom. The molecule has 0 aromatic heterocycles. The highest BCUT2D eigenvalue weighted by Crippen LogP contribution is 2.13. The maximum absolute atomic E-state index is 11.7. The van der Waals surface area contributed by atoms with Gasteiger partial charge in [0.1, 0.15) is 5.60 Å². The lowest BCUT2D eigenvalue weighted by Crippen LogP contribution is -2.34. The fourth-order valence-electron chi connectivity index (χ4n) is 1.53. The van der Waals surface area contributed by atoms with E-state index in [4.69, 9.17) is 9.47 Å². The van der Waals surface area contributed by atoms with Gasteiger partial charge in [0.2, 0.25) is 0 Å². The zero-order chi connectivity index (χ0) is 18.2. The van der Waals surface area contributed by atoms with Crippen LogP contribution < -0.4 is 10.6 Å². The second-order valence-electron chi connectivity index (χ2n) is 5.89. The van der Waals surface area contributed by atoms with Crippen LogP contribution in [-0.4, -0.2) is 36.7 Å². The number of ether oxygens (including phenoxy) is 2. The summed E-state index contributed by atoms with van der Waals surface area (Å²) >= 11 is 3.29. The highest BCUT2D eigenvalue weighted by Gasteiger charge is 2.16. The molecule has 1 aromatic rings. The first-order chi connectivity index (χ1) is 11.2. The lowest BCUT2D eigenvalue weighted by atomic mass is 10.2. The molecule has 2 amide bonds. The number of anilines is 1. The monoisotopic (exact) mass is 400 g/mol. The summed E-state index contributed by atoms with van der Waals surface area (Å²) in [5, 5.41) is 5.03. The van der Waals surface area contributed by atoms with E-state index in [1.807, 2.05) is 0 Å². The molecule has 0 unspecified atom stereocenters. The molecular weight excluding hydrogens is 380 g/mol. The summed E-state index contributed by atoms with van der Waals surface area (Å²) in [5.41, 5.74) is 0.00115. The SMILES string of the molecule is CC(C)(C)OC(=O)NCCC(=O)OCC(=O)Nc1ccc(Br)cc1. The van der Waals surface area contributed by atoms with Crippen molar-refractivity contribution in [2.75, 3.05) is 18.5 Å². The molecule has 7 nitrogen and oxygen atoms in total. The molecule has 0 spiro atoms. The second kappa shape index (κ2) is 9.27. The minimum absolute atomic E-state index is 0.0508. The predicted molar refractivity (Wildman–Crippen MR) is 92.6 cm³/mol. The van der Waals surface area contributed by atoms with E-state index in [1.165, 1.54) is 0 Å². The van der Waals surface area contributed by atoms with Crippen LogP contribution in [-0.2, 0) is 19.1 Å². The van der Waals surface area contributed by atoms with Gasteiger partial charge < -0.3 is 20.1 Å². The van der Waals surface area contributed by atoms with Crippen molar-refractivity contribution in [3.63, 3.8) is 0 Å². The summed E-state index contributed by atoms with van der Waals surface area (Å²) in [6.45, 7) is 4.91. The number of rotatable bonds is 6. The zero-order valence-corrected chi connectivity index (χ0v) is 15.4. The molecule has 24 heavy (non-hydrogen) atoms. The van der Waals surface area contributed by atoms with Crippen LogP contribution in [0.1, 0.15) is 27.2 Å². The van der Waals surface area contributed by atoms with Gasteiger partial charge in [-0.25, -0.2) is 4.79 Å². The van der Waals surface area contributed by atoms with Crippen molar-refractivity contribution in [3.05, 3.63) is 28.7 Å². The summed E-state index contributed by atoms with van der Waals surface area (Å²) in [6.07, 6.45) is -0.659. The van der Waals surface area contributed by atoms with Crippen LogP contribution in [0, 0.1) is 0 Å². The smallest absolute Gasteiger partial charge is 0.407 e. The molecule has 0 aliphatic carbocycles. The van der Waals surface area contributed by atoms with Gasteiger partial charge >= 0.3 is 12.1 Å². The largest absolute Gasteiger partial charge is 0.456 e. The molecule has 8 heteroatoms. The number of carbonyl (C=O) groups is 3. The highest BCUT2D eigenvalue weighted by atomic mass is 79.9. The fourth-order valence-corrected chi connectivity index (χ4v) is 1.79. The van der Waals surface area contributed by atoms with Crippen molar-refractivity contribution >= 4 is 39.6 Å². The van der Waals surface area contributed by atoms with Crippen LogP contribution in [0.15, 0.2) is 28.7 Å². The molecule has 0 fully saturated rings. The fraction of sp³-hybridized carbons (Fsp3) is 0.438. The van der Waals surface area contributed by atoms with Crippen molar-refractivity contribution in [1.82, 2.24) is 5.32 Å². The van der Waals surface area contributed by atoms with Gasteiger partial charge in [-0.1, -0.05) is 15.9 Å². The molecule has 1 aromatic carbocycles. The molecule has 0 saturated heterocycles. The zero-order valence-electron chi connectivity index (χ0n) is 13.8. The molecule has 0 aliphatic heterocycles. The van der Waals surface area contributed by atoms with Gasteiger partial charge in [-0.2, -0.15) is 0 Å². The average molecular weight is 401 g/mol. The van der Waals surface area contributed by atoms with Gasteiger partial charge in [0.05, 0.1) is 6.42 Å². The average Bonchev–Trinajstić information content (AvgIpc) is 2.46. The number of carbonyl (C=O) groups excluding carboxylic acids is 3. The Hall–Kier alpha value is -2.09. The third-order valence-electron chi connectivity index (χ3n) is 2.49. The van der Waals surface area contributed by atoms with Crippen molar-refractivity contribution in [2.24, 2.45) is 0 Å². The maximum atomic E-state index is 11.7. The quantitative estimate of drug-likeness (QED) is 0.715. The topological polar surface area (TPSA) is 93.7 Å². The summed E-state index contributed by atoms with van der Waals surface area (Å²) < 4.78 is 10.7. The molecule has 0 heterocycles. The normalized spacial score (nSPS) is 10.7. The number of esters is 1. The van der Waals surface area contributed by atoms with Gasteiger partial charge in [0.25, 0.3) is 5.91 Å². The molecule has 0 bridgehead atoms. The van der Waals surface area contributed by atoms with Gasteiger partial charge in [-0.05, 0) is 45.0 Å². The summed E-state index contributed by atoms with van der Waals surface area (Å²) in [6, 6.07) is 7.00. The van der Waals surface area contributed by atoms with Crippen LogP contribution >= 0.6 is 15.9 Å². The van der Waals surface area contributed by atoms with Gasteiger partial charge in [0.15, 0.2) is 6.61 Å². The van der Waals surface area contributed by atoms with Crippen LogP contribution in [0.2, 0.25) is 0 Å². The molecule has 1 rings (SSSR count). The van der Waals surface area contributed by atoms with Gasteiger partial charge in [-0.3, -0.25) is 9.59 Å². The molecule has 132 valence electrons. The molecule has 0 saturated carbocycles. The van der Waals surface area contributed by atoms with Crippen molar-refractivity contribution in [2.45, 2.75) is 32.8 Å². The standard InChI is InChI=1S/C16H21BrN2O5/c1-16(2,3)24-15(22)18-9-8-14(21)23-10-13(20)19-12-6-4-11(17)5-7-12/h4-7H,8-10H2,1-3H3,(H,18,22)(H,19,20). The number of alkyl carbamates (subject to hydrolysis) is 1. The van der Waals surface area contributed by atoms with Crippen molar-refractivity contribution in [1.29, 1.82) is 0 Å². The Morgan fingerprint density at radius 3 is 2.33 bits per heavy atom. The molecule has 0 radical (unpaired) electrons. The lowest BCUT2D eigenvalue weighted by Gasteiger charge is -2.19. The summed E-state index contributed by atoms with van der Waals surface area (Å²) in [7, 11) is 0. The Morgan fingerprint density at radius 2 is 1.75 bits per heavy atom. The van der Waals surface area contributed by atoms with E-state index in [2.05, 4.69) is 26.6 Å². The van der Waals surface area contributed by atoms with Crippen LogP contribution in [0.25, 0.3) is 0 Å². The van der Waals surface area contributed by atoms with E-state index in [1.54, 1.807) is 45.0 Å². The van der Waals surface area contributed by atoms with E-state index < -0.39 is 23.6 Å². The first kappa shape index (κ1) is 20.0. The number of amides is 2. The predicted octanol–water partition coefficient (Wildman–Crippen LogP) is 2.85. The lowest BCUT2D eigenvalue weighted by molar-refractivity contribution is -0.147. The van der Waals surface area contributed by atoms with Crippen LogP contribution in [0.3, 0.4) is 0 Å². The third kappa shape index (κ3) is 9.14. The number of benzene rings is 1. The van der Waals surface area contributed by atoms with E-state index in [-0.39, 0.29) is 19.6 Å². The highest BCUT2D eigenvalue weighted by molar-refractivity contribution is 9.10. The van der Waals surface area contributed by atoms with Crippen LogP contribution in [0.5, 0.6) is 0 Å². The first-order valence-corrected chi connectivity index (χ1v) is 8.13.